The van der Waals surface area contributed by atoms with Crippen LogP contribution in [0.2, 0.25) is 0 Å². The highest BCUT2D eigenvalue weighted by atomic mass is 32.2. The summed E-state index contributed by atoms with van der Waals surface area (Å²) in [6.07, 6.45) is 2.44. The Balaban J connectivity index is 1.57. The van der Waals surface area contributed by atoms with Crippen LogP contribution < -0.4 is 9.47 Å². The number of para-hydroxylation sites is 1. The molecule has 0 saturated carbocycles. The highest BCUT2D eigenvalue weighted by Gasteiger charge is 2.37. The number of nitrogens with zero attached hydrogens (tertiary/aromatic N) is 3. The molecule has 0 aliphatic carbocycles. The third-order valence-corrected chi connectivity index (χ3v) is 6.64. The minimum absolute atomic E-state index is 0.176. The maximum atomic E-state index is 12.5. The van der Waals surface area contributed by atoms with E-state index in [2.05, 4.69) is 4.99 Å². The molecule has 0 radical (unpaired) electrons. The SMILES string of the molecule is COc1ccc(/C=C2\SC(=O)N=C2N2N=C(c3ccccc3)CC2c2ccccc2O)cc1OC. The first-order chi connectivity index (χ1) is 17.1. The summed E-state index contributed by atoms with van der Waals surface area (Å²) in [6.45, 7) is 0. The molecule has 0 fully saturated rings. The minimum Gasteiger partial charge on any atom is -0.508 e. The number of hydrogen-bond acceptors (Lipinski definition) is 7. The van der Waals surface area contributed by atoms with Crippen LogP contribution >= 0.6 is 11.8 Å². The lowest BCUT2D eigenvalue weighted by atomic mass is 9.97. The average Bonchev–Trinajstić information content (AvgIpc) is 3.48. The topological polar surface area (TPSA) is 83.7 Å². The van der Waals surface area contributed by atoms with Gasteiger partial charge in [-0.25, -0.2) is 5.01 Å². The predicted octanol–water partition coefficient (Wildman–Crippen LogP) is 5.87. The Labute approximate surface area is 207 Å². The number of aliphatic imine (C=N–C) groups is 1. The Bertz CT molecular complexity index is 1370. The molecule has 3 aromatic rings. The largest absolute Gasteiger partial charge is 0.508 e. The van der Waals surface area contributed by atoms with Crippen molar-refractivity contribution in [1.29, 1.82) is 0 Å². The molecule has 3 aromatic carbocycles. The standard InChI is InChI=1S/C27H23N3O4S/c1-33-23-13-12-17(14-24(23)34-2)15-25-26(28-27(32)35-25)30-21(19-10-6-7-11-22(19)31)16-20(29-30)18-8-4-3-5-9-18/h3-15,21,31H,16H2,1-2H3/b25-15-. The van der Waals surface area contributed by atoms with Crippen LogP contribution in [0.3, 0.4) is 0 Å². The first-order valence-electron chi connectivity index (χ1n) is 11.0. The van der Waals surface area contributed by atoms with Crippen molar-refractivity contribution in [2.75, 3.05) is 14.2 Å². The maximum Gasteiger partial charge on any atom is 0.311 e. The first-order valence-corrected chi connectivity index (χ1v) is 11.8. The van der Waals surface area contributed by atoms with Crippen LogP contribution in [0.4, 0.5) is 4.79 Å². The predicted molar refractivity (Wildman–Crippen MR) is 138 cm³/mol. The summed E-state index contributed by atoms with van der Waals surface area (Å²) in [7, 11) is 3.16. The molecule has 0 bridgehead atoms. The van der Waals surface area contributed by atoms with Crippen LogP contribution in [0.25, 0.3) is 6.08 Å². The van der Waals surface area contributed by atoms with Gasteiger partial charge < -0.3 is 14.6 Å². The van der Waals surface area contributed by atoms with Crippen LogP contribution in [0, 0.1) is 0 Å². The van der Waals surface area contributed by atoms with E-state index in [-0.39, 0.29) is 17.0 Å². The van der Waals surface area contributed by atoms with E-state index in [1.54, 1.807) is 31.4 Å². The summed E-state index contributed by atoms with van der Waals surface area (Å²) < 4.78 is 10.8. The number of hydrazone groups is 1. The molecule has 1 atom stereocenters. The monoisotopic (exact) mass is 485 g/mol. The molecule has 8 heteroatoms. The van der Waals surface area contributed by atoms with E-state index in [4.69, 9.17) is 14.6 Å². The lowest BCUT2D eigenvalue weighted by Crippen LogP contribution is -2.26. The van der Waals surface area contributed by atoms with Crippen molar-refractivity contribution >= 4 is 34.6 Å². The summed E-state index contributed by atoms with van der Waals surface area (Å²) in [5.41, 5.74) is 3.40. The molecule has 0 aromatic heterocycles. The fourth-order valence-corrected chi connectivity index (χ4v) is 4.92. The molecule has 0 saturated heterocycles. The number of aromatic hydroxyl groups is 1. The molecule has 2 aliphatic heterocycles. The smallest absolute Gasteiger partial charge is 0.311 e. The van der Waals surface area contributed by atoms with E-state index in [9.17, 15) is 9.90 Å². The normalized spacial score (nSPS) is 18.6. The molecule has 1 N–H and O–H groups in total. The summed E-state index contributed by atoms with van der Waals surface area (Å²) in [6, 6.07) is 22.3. The second kappa shape index (κ2) is 9.68. The van der Waals surface area contributed by atoms with Crippen LogP contribution in [-0.4, -0.2) is 41.1 Å². The van der Waals surface area contributed by atoms with Crippen molar-refractivity contribution in [1.82, 2.24) is 5.01 Å². The number of thioether (sulfide) groups is 1. The Kier molecular flexibility index (Phi) is 6.29. The number of rotatable bonds is 5. The van der Waals surface area contributed by atoms with E-state index in [1.165, 1.54) is 0 Å². The number of phenolic OH excluding ortho intramolecular Hbond substituents is 1. The highest BCUT2D eigenvalue weighted by molar-refractivity contribution is 8.18. The Morgan fingerprint density at radius 1 is 1.00 bits per heavy atom. The average molecular weight is 486 g/mol. The zero-order chi connectivity index (χ0) is 24.4. The number of methoxy groups -OCH3 is 2. The third kappa shape index (κ3) is 4.52. The number of amides is 1. The number of benzene rings is 3. The van der Waals surface area contributed by atoms with Gasteiger partial charge in [-0.05, 0) is 47.2 Å². The summed E-state index contributed by atoms with van der Waals surface area (Å²) in [4.78, 5) is 17.4. The van der Waals surface area contributed by atoms with Gasteiger partial charge in [0.25, 0.3) is 0 Å². The van der Waals surface area contributed by atoms with Crippen LogP contribution in [-0.2, 0) is 0 Å². The summed E-state index contributed by atoms with van der Waals surface area (Å²) in [5, 5.41) is 16.9. The second-order valence-corrected chi connectivity index (χ2v) is 8.96. The third-order valence-electron chi connectivity index (χ3n) is 5.85. The molecule has 176 valence electrons. The zero-order valence-electron chi connectivity index (χ0n) is 19.2. The van der Waals surface area contributed by atoms with E-state index >= 15 is 0 Å². The Hall–Kier alpha value is -4.04. The highest BCUT2D eigenvalue weighted by Crippen LogP contribution is 2.42. The molecule has 1 unspecified atom stereocenters. The van der Waals surface area contributed by atoms with Crippen molar-refractivity contribution in [3.05, 3.63) is 94.4 Å². The Morgan fingerprint density at radius 2 is 1.74 bits per heavy atom. The maximum absolute atomic E-state index is 12.5. The molecule has 1 amide bonds. The Morgan fingerprint density at radius 3 is 2.49 bits per heavy atom. The number of amidine groups is 1. The number of ether oxygens (including phenoxy) is 2. The second-order valence-electron chi connectivity index (χ2n) is 7.96. The van der Waals surface area contributed by atoms with Gasteiger partial charge in [-0.2, -0.15) is 10.1 Å². The van der Waals surface area contributed by atoms with Crippen molar-refractivity contribution in [2.45, 2.75) is 12.5 Å². The van der Waals surface area contributed by atoms with Gasteiger partial charge in [0, 0.05) is 12.0 Å². The van der Waals surface area contributed by atoms with Gasteiger partial charge in [-0.1, -0.05) is 54.6 Å². The van der Waals surface area contributed by atoms with E-state index < -0.39 is 0 Å². The van der Waals surface area contributed by atoms with E-state index in [0.29, 0.717) is 28.7 Å². The first kappa shape index (κ1) is 22.7. The van der Waals surface area contributed by atoms with Crippen LogP contribution in [0.15, 0.2) is 87.8 Å². The number of phenols is 1. The van der Waals surface area contributed by atoms with Gasteiger partial charge in [-0.3, -0.25) is 4.79 Å². The van der Waals surface area contributed by atoms with Gasteiger partial charge >= 0.3 is 5.24 Å². The van der Waals surface area contributed by atoms with Crippen molar-refractivity contribution < 1.29 is 19.4 Å². The van der Waals surface area contributed by atoms with Crippen molar-refractivity contribution in [2.24, 2.45) is 10.1 Å². The lowest BCUT2D eigenvalue weighted by Gasteiger charge is -2.24. The zero-order valence-corrected chi connectivity index (χ0v) is 20.0. The fraction of sp³-hybridized carbons (Fsp3) is 0.148. The van der Waals surface area contributed by atoms with Crippen molar-refractivity contribution in [3.63, 3.8) is 0 Å². The molecule has 35 heavy (non-hydrogen) atoms. The van der Waals surface area contributed by atoms with E-state index in [0.717, 1.165) is 34.2 Å². The number of carbonyl (C=O) groups excluding carboxylic acids is 1. The summed E-state index contributed by atoms with van der Waals surface area (Å²) >= 11 is 1.05. The lowest BCUT2D eigenvalue weighted by molar-refractivity contribution is 0.267. The molecule has 5 rings (SSSR count). The molecule has 7 nitrogen and oxygen atoms in total. The van der Waals surface area contributed by atoms with Gasteiger partial charge in [0.05, 0.1) is 30.9 Å². The molecular weight excluding hydrogens is 462 g/mol. The number of carbonyl (C=O) groups is 1. The van der Waals surface area contributed by atoms with Gasteiger partial charge in [-0.15, -0.1) is 0 Å². The van der Waals surface area contributed by atoms with Crippen molar-refractivity contribution in [3.8, 4) is 17.2 Å². The van der Waals surface area contributed by atoms with E-state index in [1.807, 2.05) is 66.7 Å². The van der Waals surface area contributed by atoms with Crippen LogP contribution in [0.5, 0.6) is 17.2 Å². The van der Waals surface area contributed by atoms with Gasteiger partial charge in [0.1, 0.15) is 5.75 Å². The summed E-state index contributed by atoms with van der Waals surface area (Å²) in [5.74, 6) is 1.84. The number of hydrogen-bond donors (Lipinski definition) is 1. The molecular formula is C27H23N3O4S. The van der Waals surface area contributed by atoms with Gasteiger partial charge in [0.2, 0.25) is 0 Å². The van der Waals surface area contributed by atoms with Gasteiger partial charge in [0.15, 0.2) is 17.3 Å². The van der Waals surface area contributed by atoms with Crippen LogP contribution in [0.1, 0.15) is 29.2 Å². The minimum atomic E-state index is -0.314. The fourth-order valence-electron chi connectivity index (χ4n) is 4.18. The molecule has 0 spiro atoms. The molecule has 2 aliphatic rings. The quantitative estimate of drug-likeness (QED) is 0.487. The molecule has 2 heterocycles.